The fourth-order valence-corrected chi connectivity index (χ4v) is 4.43. The summed E-state index contributed by atoms with van der Waals surface area (Å²) in [6.45, 7) is 1.93. The standard InChI is InChI=1S/C23H25N7O2/c1-28-15-26-27-22(28)17-7-9-29(10-8-17)23(32)18-11-19-21(24-12-18)25-13-20(31)30(19)14-16-5-3-2-4-6-16/h2-6,11-12,15,17H,7-10,13-14H2,1H3,(H,24,25). The molecule has 0 radical (unpaired) electrons. The third-order valence-electron chi connectivity index (χ3n) is 6.19. The number of hydrogen-bond donors (Lipinski definition) is 1. The Labute approximate surface area is 186 Å². The van der Waals surface area contributed by atoms with Crippen molar-refractivity contribution in [2.45, 2.75) is 25.3 Å². The second-order valence-electron chi connectivity index (χ2n) is 8.28. The van der Waals surface area contributed by atoms with Gasteiger partial charge in [-0.3, -0.25) is 9.59 Å². The van der Waals surface area contributed by atoms with Gasteiger partial charge in [-0.2, -0.15) is 0 Å². The zero-order valence-electron chi connectivity index (χ0n) is 17.9. The van der Waals surface area contributed by atoms with E-state index in [1.54, 1.807) is 23.5 Å². The number of aryl methyl sites for hydroxylation is 1. The lowest BCUT2D eigenvalue weighted by atomic mass is 9.95. The average Bonchev–Trinajstić information content (AvgIpc) is 3.27. The minimum Gasteiger partial charge on any atom is -0.359 e. The van der Waals surface area contributed by atoms with Crippen LogP contribution >= 0.6 is 0 Å². The van der Waals surface area contributed by atoms with Gasteiger partial charge in [0.05, 0.1) is 24.3 Å². The Balaban J connectivity index is 1.33. The summed E-state index contributed by atoms with van der Waals surface area (Å²) < 4.78 is 1.95. The van der Waals surface area contributed by atoms with E-state index in [0.717, 1.165) is 24.2 Å². The molecule has 0 saturated carbocycles. The Morgan fingerprint density at radius 1 is 1.19 bits per heavy atom. The van der Waals surface area contributed by atoms with E-state index in [4.69, 9.17) is 0 Å². The number of nitrogens with zero attached hydrogens (tertiary/aromatic N) is 6. The summed E-state index contributed by atoms with van der Waals surface area (Å²) in [4.78, 5) is 33.9. The van der Waals surface area contributed by atoms with Gasteiger partial charge in [0.25, 0.3) is 5.91 Å². The van der Waals surface area contributed by atoms with Gasteiger partial charge in [-0.25, -0.2) is 4.98 Å². The molecule has 1 fully saturated rings. The minimum atomic E-state index is -0.0607. The van der Waals surface area contributed by atoms with Crippen LogP contribution in [-0.4, -0.2) is 56.1 Å². The second-order valence-corrected chi connectivity index (χ2v) is 8.28. The number of nitrogens with one attached hydrogen (secondary N) is 1. The van der Waals surface area contributed by atoms with Crippen LogP contribution in [0.15, 0.2) is 48.9 Å². The Bertz CT molecular complexity index is 1140. The number of aromatic nitrogens is 4. The molecule has 1 N–H and O–H groups in total. The van der Waals surface area contributed by atoms with Gasteiger partial charge in [-0.1, -0.05) is 30.3 Å². The lowest BCUT2D eigenvalue weighted by Crippen LogP contribution is -2.41. The van der Waals surface area contributed by atoms with Crippen LogP contribution in [0.2, 0.25) is 0 Å². The van der Waals surface area contributed by atoms with Crippen molar-refractivity contribution in [3.05, 3.63) is 65.9 Å². The van der Waals surface area contributed by atoms with Crippen molar-refractivity contribution in [2.24, 2.45) is 7.05 Å². The largest absolute Gasteiger partial charge is 0.359 e. The SMILES string of the molecule is Cn1cnnc1C1CCN(C(=O)c2cnc3c(c2)N(Cc2ccccc2)C(=O)CN3)CC1. The molecule has 0 spiro atoms. The lowest BCUT2D eigenvalue weighted by Gasteiger charge is -2.32. The lowest BCUT2D eigenvalue weighted by molar-refractivity contribution is -0.117. The highest BCUT2D eigenvalue weighted by Crippen LogP contribution is 2.31. The van der Waals surface area contributed by atoms with Gasteiger partial charge in [-0.05, 0) is 24.5 Å². The summed E-state index contributed by atoms with van der Waals surface area (Å²) in [6.07, 6.45) is 5.00. The van der Waals surface area contributed by atoms with Crippen LogP contribution in [0, 0.1) is 0 Å². The normalized spacial score (nSPS) is 16.6. The van der Waals surface area contributed by atoms with E-state index in [9.17, 15) is 9.59 Å². The molecule has 4 heterocycles. The quantitative estimate of drug-likeness (QED) is 0.680. The first-order chi connectivity index (χ1) is 15.6. The minimum absolute atomic E-state index is 0.0442. The van der Waals surface area contributed by atoms with Crippen molar-refractivity contribution in [1.82, 2.24) is 24.6 Å². The summed E-state index contributed by atoms with van der Waals surface area (Å²) in [5, 5.41) is 11.2. The van der Waals surface area contributed by atoms with Crippen LogP contribution in [0.25, 0.3) is 0 Å². The molecule has 3 aromatic rings. The van der Waals surface area contributed by atoms with E-state index in [0.29, 0.717) is 42.6 Å². The van der Waals surface area contributed by atoms with Crippen LogP contribution in [0.5, 0.6) is 0 Å². The average molecular weight is 432 g/mol. The van der Waals surface area contributed by atoms with E-state index in [1.807, 2.05) is 46.8 Å². The molecule has 0 atom stereocenters. The number of carbonyl (C=O) groups excluding carboxylic acids is 2. The van der Waals surface area contributed by atoms with Crippen molar-refractivity contribution in [1.29, 1.82) is 0 Å². The summed E-state index contributed by atoms with van der Waals surface area (Å²) in [5.41, 5.74) is 2.16. The molecule has 1 saturated heterocycles. The molecule has 0 aliphatic carbocycles. The van der Waals surface area contributed by atoms with Gasteiger partial charge in [0.15, 0.2) is 5.82 Å². The third kappa shape index (κ3) is 3.81. The number of benzene rings is 1. The van der Waals surface area contributed by atoms with E-state index in [2.05, 4.69) is 20.5 Å². The van der Waals surface area contributed by atoms with E-state index >= 15 is 0 Å². The Morgan fingerprint density at radius 3 is 2.69 bits per heavy atom. The molecule has 2 amide bonds. The molecule has 9 nitrogen and oxygen atoms in total. The van der Waals surface area contributed by atoms with Crippen molar-refractivity contribution in [3.63, 3.8) is 0 Å². The molecule has 2 aliphatic rings. The van der Waals surface area contributed by atoms with Crippen LogP contribution in [-0.2, 0) is 18.4 Å². The number of amides is 2. The van der Waals surface area contributed by atoms with Gasteiger partial charge in [-0.15, -0.1) is 10.2 Å². The third-order valence-corrected chi connectivity index (χ3v) is 6.19. The fourth-order valence-electron chi connectivity index (χ4n) is 4.43. The summed E-state index contributed by atoms with van der Waals surface area (Å²) >= 11 is 0. The number of anilines is 2. The number of piperidine rings is 1. The summed E-state index contributed by atoms with van der Waals surface area (Å²) in [5.74, 6) is 1.79. The second kappa shape index (κ2) is 8.41. The summed E-state index contributed by atoms with van der Waals surface area (Å²) in [6, 6.07) is 11.6. The van der Waals surface area contributed by atoms with Crippen molar-refractivity contribution in [3.8, 4) is 0 Å². The molecule has 5 rings (SSSR count). The maximum atomic E-state index is 13.2. The highest BCUT2D eigenvalue weighted by atomic mass is 16.2. The Hall–Kier alpha value is -3.75. The van der Waals surface area contributed by atoms with Gasteiger partial charge < -0.3 is 19.7 Å². The molecule has 9 heteroatoms. The van der Waals surface area contributed by atoms with Crippen molar-refractivity contribution >= 4 is 23.3 Å². The molecule has 1 aromatic carbocycles. The molecule has 2 aromatic heterocycles. The molecule has 2 aliphatic heterocycles. The topological polar surface area (TPSA) is 96.2 Å². The van der Waals surface area contributed by atoms with Crippen LogP contribution < -0.4 is 10.2 Å². The van der Waals surface area contributed by atoms with Gasteiger partial charge in [0.1, 0.15) is 12.2 Å². The van der Waals surface area contributed by atoms with Gasteiger partial charge in [0, 0.05) is 32.3 Å². The zero-order valence-corrected chi connectivity index (χ0v) is 17.9. The van der Waals surface area contributed by atoms with Gasteiger partial charge in [0.2, 0.25) is 5.91 Å². The maximum Gasteiger partial charge on any atom is 0.255 e. The van der Waals surface area contributed by atoms with Crippen molar-refractivity contribution < 1.29 is 9.59 Å². The van der Waals surface area contributed by atoms with E-state index < -0.39 is 0 Å². The molecular formula is C23H25N7O2. The monoisotopic (exact) mass is 431 g/mol. The summed E-state index contributed by atoms with van der Waals surface area (Å²) in [7, 11) is 1.95. The number of likely N-dealkylation sites (tertiary alicyclic amines) is 1. The fraction of sp³-hybridized carbons (Fsp3) is 0.348. The van der Waals surface area contributed by atoms with Crippen molar-refractivity contribution in [2.75, 3.05) is 29.9 Å². The molecule has 0 unspecified atom stereocenters. The van der Waals surface area contributed by atoms with E-state index in [1.165, 1.54) is 0 Å². The van der Waals surface area contributed by atoms with Crippen LogP contribution in [0.3, 0.4) is 0 Å². The first-order valence-electron chi connectivity index (χ1n) is 10.8. The maximum absolute atomic E-state index is 13.2. The molecule has 164 valence electrons. The first kappa shape index (κ1) is 20.2. The highest BCUT2D eigenvalue weighted by molar-refractivity contribution is 6.04. The number of pyridine rings is 1. The highest BCUT2D eigenvalue weighted by Gasteiger charge is 2.30. The predicted molar refractivity (Wildman–Crippen MR) is 119 cm³/mol. The molecule has 0 bridgehead atoms. The van der Waals surface area contributed by atoms with E-state index in [-0.39, 0.29) is 18.4 Å². The molecular weight excluding hydrogens is 406 g/mol. The predicted octanol–water partition coefficient (Wildman–Crippen LogP) is 2.19. The Kier molecular flexibility index (Phi) is 5.30. The Morgan fingerprint density at radius 2 is 1.97 bits per heavy atom. The number of rotatable bonds is 4. The zero-order chi connectivity index (χ0) is 22.1. The number of carbonyl (C=O) groups is 2. The van der Waals surface area contributed by atoms with Crippen LogP contribution in [0.4, 0.5) is 11.5 Å². The number of fused-ring (bicyclic) bond motifs is 1. The van der Waals surface area contributed by atoms with Gasteiger partial charge >= 0.3 is 0 Å². The smallest absolute Gasteiger partial charge is 0.255 e. The first-order valence-corrected chi connectivity index (χ1v) is 10.8. The number of hydrogen-bond acceptors (Lipinski definition) is 6. The molecule has 32 heavy (non-hydrogen) atoms. The van der Waals surface area contributed by atoms with Crippen LogP contribution in [0.1, 0.15) is 40.5 Å².